The normalized spacial score (nSPS) is 15.0. The second-order valence-corrected chi connectivity index (χ2v) is 42.6. The maximum atomic E-state index is 6.44. The fraction of sp³-hybridized carbons (Fsp3) is 0.238. The van der Waals surface area contributed by atoms with E-state index in [1.165, 1.54) is 207 Å². The van der Waals surface area contributed by atoms with Crippen molar-refractivity contribution >= 4 is 96.8 Å². The summed E-state index contributed by atoms with van der Waals surface area (Å²) < 4.78 is 14.0. The molecule has 0 bridgehead atoms. The van der Waals surface area contributed by atoms with Crippen LogP contribution < -0.4 is 25.1 Å². The zero-order valence-corrected chi connectivity index (χ0v) is 84.2. The summed E-state index contributed by atoms with van der Waals surface area (Å²) >= 11 is 3.68. The maximum Gasteiger partial charge on any atom is 0.494 e. The number of aryl methyl sites for hydroxylation is 12. The van der Waals surface area contributed by atoms with Crippen LogP contribution >= 0.6 is 15.9 Å². The second kappa shape index (κ2) is 34.0. The molecule has 1 heterocycles. The molecule has 0 aromatic heterocycles. The second-order valence-electron chi connectivity index (χ2n) is 41.7. The van der Waals surface area contributed by atoms with Crippen LogP contribution in [0.5, 0.6) is 0 Å². The third-order valence-electron chi connectivity index (χ3n) is 30.0. The molecule has 0 N–H and O–H groups in total. The van der Waals surface area contributed by atoms with E-state index in [2.05, 4.69) is 517 Å². The quantitative estimate of drug-likeness (QED) is 0.101. The van der Waals surface area contributed by atoms with Crippen molar-refractivity contribution in [2.75, 3.05) is 19.6 Å². The number of fused-ring (bicyclic) bond motifs is 12. The van der Waals surface area contributed by atoms with Crippen LogP contribution in [0.2, 0.25) is 0 Å². The monoisotopic (exact) mass is 1810 g/mol. The van der Waals surface area contributed by atoms with Crippen molar-refractivity contribution in [1.29, 1.82) is 0 Å². The van der Waals surface area contributed by atoms with Crippen LogP contribution in [0.25, 0.3) is 55.6 Å². The summed E-state index contributed by atoms with van der Waals surface area (Å²) in [7, 11) is -0.416. The Morgan fingerprint density at radius 2 is 0.433 bits per heavy atom. The van der Waals surface area contributed by atoms with Gasteiger partial charge in [-0.25, -0.2) is 0 Å². The molecule has 670 valence electrons. The number of anilines is 12. The van der Waals surface area contributed by atoms with Gasteiger partial charge in [0.1, 0.15) is 0 Å². The molecule has 21 rings (SSSR count). The molecule has 4 aliphatic carbocycles. The fourth-order valence-corrected chi connectivity index (χ4v) is 23.5. The SMILES string of the molecule is Cc1cc(C)c(N(c2cccc(-c3cccc(N(c4ccc5c(c4)C(C)(C)c4ccccc4-5)c4c(C)cc(C)cc4C)c3)c2)c2ccc3c(c2)C(C)(C)c2ccccc2-3)c(C)c1.Cc1cc(C)c(N(c2cccc(B3OC(C)(C)C(C)(C)O3)c2)c2ccc3c(c2)C(C)(C)c2ccccc2-3)c(C)c1.Cc1cc(C)c(N(c2cccc(Br)c2)c2ccc3c(c2)C(C)(C)c2ccccc2-3)c(C)c1. The molecule has 16 aromatic carbocycles. The first-order chi connectivity index (χ1) is 63.8. The van der Waals surface area contributed by atoms with Crippen LogP contribution in [-0.2, 0) is 31.0 Å². The smallest absolute Gasteiger partial charge is 0.399 e. The first-order valence-corrected chi connectivity index (χ1v) is 48.5. The molecule has 0 saturated carbocycles. The molecule has 5 aliphatic rings. The van der Waals surface area contributed by atoms with E-state index in [1.807, 2.05) is 0 Å². The Labute approximate surface area is 805 Å². The van der Waals surface area contributed by atoms with Crippen molar-refractivity contribution in [3.63, 3.8) is 0 Å². The third-order valence-corrected chi connectivity index (χ3v) is 30.5. The Morgan fingerprint density at radius 1 is 0.209 bits per heavy atom. The van der Waals surface area contributed by atoms with Gasteiger partial charge in [-0.2, -0.15) is 0 Å². The van der Waals surface area contributed by atoms with Gasteiger partial charge in [0.05, 0.1) is 34.0 Å². The Kier molecular flexibility index (Phi) is 22.9. The lowest BCUT2D eigenvalue weighted by atomic mass is 9.79. The lowest BCUT2D eigenvalue weighted by molar-refractivity contribution is 0.00578. The number of benzene rings is 16. The average Bonchev–Trinajstić information content (AvgIpc) is 1.56. The van der Waals surface area contributed by atoms with Gasteiger partial charge >= 0.3 is 7.12 Å². The zero-order valence-electron chi connectivity index (χ0n) is 82.6. The van der Waals surface area contributed by atoms with E-state index < -0.39 is 18.3 Å². The lowest BCUT2D eigenvalue weighted by Crippen LogP contribution is -2.41. The van der Waals surface area contributed by atoms with Gasteiger partial charge in [0.2, 0.25) is 0 Å². The van der Waals surface area contributed by atoms with Crippen LogP contribution in [0.4, 0.5) is 68.2 Å². The van der Waals surface area contributed by atoms with Crippen LogP contribution in [0.1, 0.15) is 194 Å². The van der Waals surface area contributed by atoms with E-state index in [4.69, 9.17) is 9.31 Å². The summed E-state index contributed by atoms with van der Waals surface area (Å²) in [4.78, 5) is 9.81. The number of hydrogen-bond acceptors (Lipinski definition) is 6. The van der Waals surface area contributed by atoms with Crippen LogP contribution in [-0.4, -0.2) is 18.3 Å². The van der Waals surface area contributed by atoms with Crippen molar-refractivity contribution in [1.82, 2.24) is 0 Å². The molecule has 0 spiro atoms. The van der Waals surface area contributed by atoms with Crippen LogP contribution in [0, 0.1) is 83.1 Å². The average molecular weight is 1820 g/mol. The van der Waals surface area contributed by atoms with Gasteiger partial charge in [0, 0.05) is 71.6 Å². The van der Waals surface area contributed by atoms with E-state index in [1.54, 1.807) is 0 Å². The molecule has 0 atom stereocenters. The highest BCUT2D eigenvalue weighted by Crippen LogP contribution is 2.58. The van der Waals surface area contributed by atoms with Gasteiger partial charge in [0.15, 0.2) is 0 Å². The highest BCUT2D eigenvalue weighted by molar-refractivity contribution is 9.10. The van der Waals surface area contributed by atoms with Crippen molar-refractivity contribution < 1.29 is 9.31 Å². The standard InChI is InChI=1S/C60H56N2.C36H40BNO2.C30H28BrN/c1-37-29-39(3)57(40(4)30-37)61(47-25-27-51-49-21-11-13-23-53(49)59(7,8)55(51)35-47)45-19-15-17-43(33-45)44-18-16-20-46(34-44)62(58-41(5)31-38(2)32-42(58)6)48-26-28-52-50-22-12-14-24-54(50)60(9,10)56(52)36-48;1-23-19-24(2)33(25(3)20-23)38(27-14-12-13-26(21-27)37-39-35(6,7)36(8,9)40-37)28-17-18-30-29-15-10-11-16-31(29)34(4,5)32(30)22-28;1-19-15-20(2)29(21(3)16-19)32(23-10-8-9-22(31)17-23)24-13-14-26-25-11-6-7-12-27(25)30(4,5)28(26)18-24/h11-36H,1-10H3;10-22H,1-9H3;6-18H,1-5H3. The molecule has 0 unspecified atom stereocenters. The molecule has 6 nitrogen and oxygen atoms in total. The van der Waals surface area contributed by atoms with Gasteiger partial charge in [-0.3, -0.25) is 0 Å². The van der Waals surface area contributed by atoms with Crippen LogP contribution in [0.3, 0.4) is 0 Å². The number of nitrogens with zero attached hydrogens (tertiary/aromatic N) is 4. The molecule has 134 heavy (non-hydrogen) atoms. The first kappa shape index (κ1) is 90.4. The summed E-state index contributed by atoms with van der Waals surface area (Å²) in [5, 5.41) is 0. The predicted octanol–water partition coefficient (Wildman–Crippen LogP) is 34.6. The molecule has 1 fully saturated rings. The summed E-state index contributed by atoms with van der Waals surface area (Å²) in [6.45, 7) is 53.9. The molecule has 1 saturated heterocycles. The number of hydrogen-bond donors (Lipinski definition) is 0. The third kappa shape index (κ3) is 15.6. The highest BCUT2D eigenvalue weighted by atomic mass is 79.9. The molecule has 0 radical (unpaired) electrons. The fourth-order valence-electron chi connectivity index (χ4n) is 23.1. The Balaban J connectivity index is 0.000000138. The number of rotatable bonds is 14. The Bertz CT molecular complexity index is 7100. The molecule has 16 aromatic rings. The van der Waals surface area contributed by atoms with E-state index in [0.29, 0.717) is 0 Å². The van der Waals surface area contributed by atoms with Gasteiger partial charge in [-0.1, -0.05) is 306 Å². The highest BCUT2D eigenvalue weighted by Gasteiger charge is 2.52. The summed E-state index contributed by atoms with van der Waals surface area (Å²) in [6, 6.07) is 118. The van der Waals surface area contributed by atoms with E-state index in [-0.39, 0.29) is 21.7 Å². The minimum Gasteiger partial charge on any atom is -0.399 e. The molecule has 8 heteroatoms. The van der Waals surface area contributed by atoms with Crippen molar-refractivity contribution in [3.8, 4) is 55.6 Å². The van der Waals surface area contributed by atoms with Gasteiger partial charge in [0.25, 0.3) is 0 Å². The summed E-state index contributed by atoms with van der Waals surface area (Å²) in [6.07, 6.45) is 0. The largest absolute Gasteiger partial charge is 0.494 e. The van der Waals surface area contributed by atoms with Crippen molar-refractivity contribution in [3.05, 3.63) is 431 Å². The van der Waals surface area contributed by atoms with Crippen molar-refractivity contribution in [2.45, 2.75) is 199 Å². The van der Waals surface area contributed by atoms with Gasteiger partial charge in [-0.05, 0) is 364 Å². The van der Waals surface area contributed by atoms with Gasteiger partial charge in [-0.15, -0.1) is 0 Å². The van der Waals surface area contributed by atoms with Gasteiger partial charge < -0.3 is 28.9 Å². The maximum absolute atomic E-state index is 6.44. The minimum atomic E-state index is -0.416. The number of halogens is 1. The summed E-state index contributed by atoms with van der Waals surface area (Å²) in [5.41, 5.74) is 53.4. The van der Waals surface area contributed by atoms with E-state index >= 15 is 0 Å². The minimum absolute atomic E-state index is 0.0256. The molecular formula is C126H124BBrN4O2. The van der Waals surface area contributed by atoms with E-state index in [9.17, 15) is 0 Å². The predicted molar refractivity (Wildman–Crippen MR) is 574 cm³/mol. The Hall–Kier alpha value is -12.8. The van der Waals surface area contributed by atoms with Crippen LogP contribution in [0.15, 0.2) is 320 Å². The molecule has 1 aliphatic heterocycles. The lowest BCUT2D eigenvalue weighted by Gasteiger charge is -2.32. The molecule has 0 amide bonds. The Morgan fingerprint density at radius 3 is 0.701 bits per heavy atom. The topological polar surface area (TPSA) is 31.4 Å². The first-order valence-electron chi connectivity index (χ1n) is 47.7. The molecular weight excluding hydrogens is 1690 g/mol. The van der Waals surface area contributed by atoms with Crippen molar-refractivity contribution in [2.24, 2.45) is 0 Å². The zero-order chi connectivity index (χ0) is 94.5. The van der Waals surface area contributed by atoms with E-state index in [0.717, 1.165) is 38.4 Å². The summed E-state index contributed by atoms with van der Waals surface area (Å²) in [5.74, 6) is 0.